The summed E-state index contributed by atoms with van der Waals surface area (Å²) in [6.45, 7) is 6.23. The van der Waals surface area contributed by atoms with Crippen LogP contribution in [-0.4, -0.2) is 16.9 Å². The van der Waals surface area contributed by atoms with Gasteiger partial charge in [0.2, 0.25) is 0 Å². The monoisotopic (exact) mass is 293 g/mol. The van der Waals surface area contributed by atoms with Crippen molar-refractivity contribution in [3.05, 3.63) is 46.2 Å². The summed E-state index contributed by atoms with van der Waals surface area (Å²) in [5.41, 5.74) is 3.04. The molecule has 108 valence electrons. The standard InChI is InChI=1S/C15H20ClN3O/c1-4-19-13(15(16)11(2)18-19)10-17-9-12-7-5-6-8-14(12)20-3/h5-8,17H,4,9-10H2,1-3H3. The van der Waals surface area contributed by atoms with Crippen molar-refractivity contribution in [2.75, 3.05) is 7.11 Å². The smallest absolute Gasteiger partial charge is 0.123 e. The van der Waals surface area contributed by atoms with Gasteiger partial charge in [0.1, 0.15) is 5.75 Å². The summed E-state index contributed by atoms with van der Waals surface area (Å²) >= 11 is 6.28. The first kappa shape index (κ1) is 14.9. The van der Waals surface area contributed by atoms with Crippen molar-refractivity contribution in [1.29, 1.82) is 0 Å². The highest BCUT2D eigenvalue weighted by molar-refractivity contribution is 6.31. The number of para-hydroxylation sites is 1. The molecular formula is C15H20ClN3O. The van der Waals surface area contributed by atoms with Crippen LogP contribution < -0.4 is 10.1 Å². The van der Waals surface area contributed by atoms with Crippen LogP contribution in [0, 0.1) is 6.92 Å². The van der Waals surface area contributed by atoms with E-state index in [9.17, 15) is 0 Å². The number of methoxy groups -OCH3 is 1. The Balaban J connectivity index is 2.03. The molecule has 1 N–H and O–H groups in total. The van der Waals surface area contributed by atoms with Crippen molar-refractivity contribution in [3.8, 4) is 5.75 Å². The second kappa shape index (κ2) is 6.77. The van der Waals surface area contributed by atoms with Crippen molar-refractivity contribution in [1.82, 2.24) is 15.1 Å². The molecule has 0 atom stereocenters. The summed E-state index contributed by atoms with van der Waals surface area (Å²) in [5, 5.41) is 8.55. The van der Waals surface area contributed by atoms with Gasteiger partial charge in [0.25, 0.3) is 0 Å². The molecule has 1 heterocycles. The molecule has 0 radical (unpaired) electrons. The van der Waals surface area contributed by atoms with Crippen LogP contribution in [-0.2, 0) is 19.6 Å². The van der Waals surface area contributed by atoms with Gasteiger partial charge in [-0.3, -0.25) is 4.68 Å². The number of hydrogen-bond donors (Lipinski definition) is 1. The number of ether oxygens (including phenoxy) is 1. The van der Waals surface area contributed by atoms with E-state index < -0.39 is 0 Å². The minimum absolute atomic E-state index is 0.686. The van der Waals surface area contributed by atoms with Crippen LogP contribution in [0.1, 0.15) is 23.9 Å². The maximum Gasteiger partial charge on any atom is 0.123 e. The maximum atomic E-state index is 6.28. The molecule has 0 amide bonds. The zero-order chi connectivity index (χ0) is 14.5. The average Bonchev–Trinajstić information content (AvgIpc) is 2.75. The number of rotatable bonds is 6. The minimum atomic E-state index is 0.686. The Morgan fingerprint density at radius 2 is 2.05 bits per heavy atom. The Labute approximate surface area is 124 Å². The van der Waals surface area contributed by atoms with Crippen LogP contribution in [0.25, 0.3) is 0 Å². The van der Waals surface area contributed by atoms with E-state index in [0.29, 0.717) is 6.54 Å². The minimum Gasteiger partial charge on any atom is -0.496 e. The Hall–Kier alpha value is -1.52. The number of aryl methyl sites for hydroxylation is 2. The molecule has 2 aromatic rings. The number of nitrogens with zero attached hydrogens (tertiary/aromatic N) is 2. The zero-order valence-electron chi connectivity index (χ0n) is 12.1. The molecule has 0 unspecified atom stereocenters. The molecule has 1 aromatic carbocycles. The molecule has 4 nitrogen and oxygen atoms in total. The second-order valence-corrected chi connectivity index (χ2v) is 4.96. The topological polar surface area (TPSA) is 39.1 Å². The fraction of sp³-hybridized carbons (Fsp3) is 0.400. The van der Waals surface area contributed by atoms with Crippen LogP contribution in [0.5, 0.6) is 5.75 Å². The maximum absolute atomic E-state index is 6.28. The van der Waals surface area contributed by atoms with E-state index in [0.717, 1.165) is 40.8 Å². The molecule has 0 aliphatic heterocycles. The van der Waals surface area contributed by atoms with Crippen LogP contribution in [0.15, 0.2) is 24.3 Å². The summed E-state index contributed by atoms with van der Waals surface area (Å²) in [4.78, 5) is 0. The molecule has 2 rings (SSSR count). The van der Waals surface area contributed by atoms with E-state index in [2.05, 4.69) is 23.4 Å². The van der Waals surface area contributed by atoms with E-state index in [1.54, 1.807) is 7.11 Å². The number of hydrogen-bond acceptors (Lipinski definition) is 3. The van der Waals surface area contributed by atoms with Gasteiger partial charge in [-0.05, 0) is 19.9 Å². The lowest BCUT2D eigenvalue weighted by Gasteiger charge is -2.10. The molecular weight excluding hydrogens is 274 g/mol. The second-order valence-electron chi connectivity index (χ2n) is 4.58. The number of nitrogens with one attached hydrogen (secondary N) is 1. The van der Waals surface area contributed by atoms with Crippen molar-refractivity contribution in [2.45, 2.75) is 33.5 Å². The summed E-state index contributed by atoms with van der Waals surface area (Å²) in [7, 11) is 1.69. The predicted octanol–water partition coefficient (Wildman–Crippen LogP) is 3.16. The largest absolute Gasteiger partial charge is 0.496 e. The van der Waals surface area contributed by atoms with E-state index in [1.165, 1.54) is 0 Å². The SMILES string of the molecule is CCn1nc(C)c(Cl)c1CNCc1ccccc1OC. The molecule has 0 bridgehead atoms. The van der Waals surface area contributed by atoms with Crippen LogP contribution in [0.3, 0.4) is 0 Å². The van der Waals surface area contributed by atoms with Crippen molar-refractivity contribution >= 4 is 11.6 Å². The van der Waals surface area contributed by atoms with E-state index in [4.69, 9.17) is 16.3 Å². The first-order chi connectivity index (χ1) is 9.67. The molecule has 20 heavy (non-hydrogen) atoms. The third-order valence-electron chi connectivity index (χ3n) is 3.25. The first-order valence-corrected chi connectivity index (χ1v) is 7.09. The fourth-order valence-corrected chi connectivity index (χ4v) is 2.40. The quantitative estimate of drug-likeness (QED) is 0.889. The van der Waals surface area contributed by atoms with Gasteiger partial charge in [-0.2, -0.15) is 5.10 Å². The third kappa shape index (κ3) is 3.14. The summed E-state index contributed by atoms with van der Waals surface area (Å²) in [6, 6.07) is 7.99. The predicted molar refractivity (Wildman–Crippen MR) is 81.2 cm³/mol. The number of halogens is 1. The van der Waals surface area contributed by atoms with Gasteiger partial charge in [0, 0.05) is 25.2 Å². The number of benzene rings is 1. The van der Waals surface area contributed by atoms with Gasteiger partial charge in [0.05, 0.1) is 23.5 Å². The Bertz CT molecular complexity index is 580. The van der Waals surface area contributed by atoms with Gasteiger partial charge in [-0.15, -0.1) is 0 Å². The Morgan fingerprint density at radius 3 is 2.75 bits per heavy atom. The van der Waals surface area contributed by atoms with Crippen LogP contribution in [0.2, 0.25) is 5.02 Å². The summed E-state index contributed by atoms with van der Waals surface area (Å²) in [5.74, 6) is 0.895. The zero-order valence-corrected chi connectivity index (χ0v) is 12.9. The molecule has 0 spiro atoms. The van der Waals surface area contributed by atoms with Gasteiger partial charge in [-0.1, -0.05) is 29.8 Å². The number of aromatic nitrogens is 2. The van der Waals surface area contributed by atoms with Crippen LogP contribution >= 0.6 is 11.6 Å². The first-order valence-electron chi connectivity index (χ1n) is 6.71. The molecule has 0 saturated heterocycles. The molecule has 0 saturated carbocycles. The lowest BCUT2D eigenvalue weighted by molar-refractivity contribution is 0.407. The van der Waals surface area contributed by atoms with Gasteiger partial charge >= 0.3 is 0 Å². The van der Waals surface area contributed by atoms with Crippen molar-refractivity contribution < 1.29 is 4.74 Å². The highest BCUT2D eigenvalue weighted by Gasteiger charge is 2.12. The van der Waals surface area contributed by atoms with Gasteiger partial charge in [0.15, 0.2) is 0 Å². The Kier molecular flexibility index (Phi) is 5.04. The molecule has 0 aliphatic carbocycles. The highest BCUT2D eigenvalue weighted by Crippen LogP contribution is 2.21. The lowest BCUT2D eigenvalue weighted by atomic mass is 10.2. The molecule has 0 aliphatic rings. The van der Waals surface area contributed by atoms with E-state index in [1.807, 2.05) is 29.8 Å². The van der Waals surface area contributed by atoms with E-state index >= 15 is 0 Å². The molecule has 5 heteroatoms. The highest BCUT2D eigenvalue weighted by atomic mass is 35.5. The molecule has 1 aromatic heterocycles. The van der Waals surface area contributed by atoms with Crippen molar-refractivity contribution in [2.24, 2.45) is 0 Å². The van der Waals surface area contributed by atoms with Gasteiger partial charge < -0.3 is 10.1 Å². The lowest BCUT2D eigenvalue weighted by Crippen LogP contribution is -2.16. The van der Waals surface area contributed by atoms with E-state index in [-0.39, 0.29) is 0 Å². The Morgan fingerprint density at radius 1 is 1.30 bits per heavy atom. The summed E-state index contributed by atoms with van der Waals surface area (Å²) < 4.78 is 7.27. The molecule has 0 fully saturated rings. The third-order valence-corrected chi connectivity index (χ3v) is 3.74. The van der Waals surface area contributed by atoms with Crippen molar-refractivity contribution in [3.63, 3.8) is 0 Å². The average molecular weight is 294 g/mol. The fourth-order valence-electron chi connectivity index (χ4n) is 2.20. The normalized spacial score (nSPS) is 10.8. The van der Waals surface area contributed by atoms with Gasteiger partial charge in [-0.25, -0.2) is 0 Å². The summed E-state index contributed by atoms with van der Waals surface area (Å²) in [6.07, 6.45) is 0. The van der Waals surface area contributed by atoms with Crippen LogP contribution in [0.4, 0.5) is 0 Å².